The first-order valence-electron chi connectivity index (χ1n) is 6.84. The third-order valence-electron chi connectivity index (χ3n) is 4.25. The molecular weight excluding hydrogens is 341 g/mol. The fourth-order valence-corrected chi connectivity index (χ4v) is 5.10. The topological polar surface area (TPSA) is 12.0 Å². The molecule has 1 heterocycles. The Morgan fingerprint density at radius 1 is 1.29 bits per heavy atom. The van der Waals surface area contributed by atoms with Gasteiger partial charge in [0, 0.05) is 10.9 Å². The summed E-state index contributed by atoms with van der Waals surface area (Å²) in [5, 5.41) is 3.79. The molecule has 3 rings (SSSR count). The Labute approximate surface area is 122 Å². The molecule has 0 aromatic carbocycles. The van der Waals surface area contributed by atoms with Crippen molar-refractivity contribution in [1.82, 2.24) is 5.32 Å². The lowest BCUT2D eigenvalue weighted by molar-refractivity contribution is 0.285. The lowest BCUT2D eigenvalue weighted by atomic mass is 9.83. The smallest absolute Gasteiger partial charge is 0.0659 e. The zero-order valence-corrected chi connectivity index (χ0v) is 13.1. The van der Waals surface area contributed by atoms with Crippen LogP contribution in [0.25, 0.3) is 0 Å². The third kappa shape index (κ3) is 2.87. The van der Waals surface area contributed by atoms with Crippen molar-refractivity contribution in [3.63, 3.8) is 0 Å². The number of thiophene rings is 1. The molecule has 2 aliphatic carbocycles. The Morgan fingerprint density at radius 2 is 2.18 bits per heavy atom. The van der Waals surface area contributed by atoms with E-state index < -0.39 is 0 Å². The van der Waals surface area contributed by atoms with E-state index in [-0.39, 0.29) is 0 Å². The molecule has 1 N–H and O–H groups in total. The van der Waals surface area contributed by atoms with Gasteiger partial charge in [-0.1, -0.05) is 19.3 Å². The van der Waals surface area contributed by atoms with Crippen molar-refractivity contribution in [3.8, 4) is 0 Å². The fourth-order valence-electron chi connectivity index (χ4n) is 2.98. The Bertz CT molecular complexity index is 384. The van der Waals surface area contributed by atoms with Crippen LogP contribution in [0.5, 0.6) is 0 Å². The van der Waals surface area contributed by atoms with E-state index >= 15 is 0 Å². The Kier molecular flexibility index (Phi) is 4.07. The predicted molar refractivity (Wildman–Crippen MR) is 82.7 cm³/mol. The van der Waals surface area contributed by atoms with Gasteiger partial charge in [0.1, 0.15) is 0 Å². The van der Waals surface area contributed by atoms with Crippen LogP contribution in [0.2, 0.25) is 0 Å². The largest absolute Gasteiger partial charge is 0.310 e. The van der Waals surface area contributed by atoms with Gasteiger partial charge in [-0.05, 0) is 72.4 Å². The van der Waals surface area contributed by atoms with Gasteiger partial charge in [-0.25, -0.2) is 0 Å². The van der Waals surface area contributed by atoms with Crippen molar-refractivity contribution in [2.45, 2.75) is 51.0 Å². The van der Waals surface area contributed by atoms with Gasteiger partial charge >= 0.3 is 0 Å². The maximum atomic E-state index is 3.79. The van der Waals surface area contributed by atoms with Gasteiger partial charge < -0.3 is 5.32 Å². The number of hydrogen-bond acceptors (Lipinski definition) is 2. The van der Waals surface area contributed by atoms with Crippen LogP contribution in [0, 0.1) is 8.80 Å². The summed E-state index contributed by atoms with van der Waals surface area (Å²) in [6, 6.07) is 3.05. The maximum absolute atomic E-state index is 3.79. The first-order chi connectivity index (χ1) is 8.33. The molecule has 1 aromatic rings. The highest BCUT2D eigenvalue weighted by Gasteiger charge is 2.23. The zero-order valence-electron chi connectivity index (χ0n) is 10.2. The Balaban J connectivity index is 1.56. The molecule has 1 fully saturated rings. The van der Waals surface area contributed by atoms with E-state index in [1.807, 2.05) is 11.3 Å². The molecule has 0 spiro atoms. The maximum Gasteiger partial charge on any atom is 0.0659 e. The van der Waals surface area contributed by atoms with Gasteiger partial charge in [-0.15, -0.1) is 11.3 Å². The van der Waals surface area contributed by atoms with Crippen LogP contribution in [-0.2, 0) is 6.42 Å². The zero-order chi connectivity index (χ0) is 11.7. The van der Waals surface area contributed by atoms with Crippen molar-refractivity contribution >= 4 is 33.9 Å². The predicted octanol–water partition coefficient (Wildman–Crippen LogP) is 4.51. The Morgan fingerprint density at radius 3 is 2.94 bits per heavy atom. The molecule has 1 atom stereocenters. The summed E-state index contributed by atoms with van der Waals surface area (Å²) in [6.45, 7) is 1.22. The van der Waals surface area contributed by atoms with E-state index in [1.54, 1.807) is 10.4 Å². The van der Waals surface area contributed by atoms with E-state index in [2.05, 4.69) is 34.0 Å². The highest BCUT2D eigenvalue weighted by molar-refractivity contribution is 14.1. The van der Waals surface area contributed by atoms with Crippen LogP contribution < -0.4 is 5.32 Å². The summed E-state index contributed by atoms with van der Waals surface area (Å²) in [4.78, 5) is 1.64. The lowest BCUT2D eigenvalue weighted by Crippen LogP contribution is -2.27. The van der Waals surface area contributed by atoms with Crippen LogP contribution >= 0.6 is 33.9 Å². The molecule has 0 bridgehead atoms. The number of nitrogens with one attached hydrogen (secondary N) is 1. The standard InChI is InChI=1S/C14H20INS/c15-14-9-11-12(5-2-6-13(11)17-14)16-8-7-10-3-1-4-10/h9-10,12,16H,1-8H2. The second-order valence-electron chi connectivity index (χ2n) is 5.41. The van der Waals surface area contributed by atoms with E-state index in [9.17, 15) is 0 Å². The SMILES string of the molecule is Ic1cc2c(s1)CCCC2NCCC1CCC1. The van der Waals surface area contributed by atoms with E-state index in [0.29, 0.717) is 6.04 Å². The number of hydrogen-bond donors (Lipinski definition) is 1. The second-order valence-corrected chi connectivity index (χ2v) is 8.44. The average Bonchev–Trinajstić information content (AvgIpc) is 2.62. The van der Waals surface area contributed by atoms with Gasteiger partial charge in [0.05, 0.1) is 2.88 Å². The summed E-state index contributed by atoms with van der Waals surface area (Å²) in [7, 11) is 0. The van der Waals surface area contributed by atoms with Crippen molar-refractivity contribution in [3.05, 3.63) is 19.4 Å². The fraction of sp³-hybridized carbons (Fsp3) is 0.714. The Hall–Kier alpha value is 0.390. The molecule has 1 nitrogen and oxygen atoms in total. The first kappa shape index (κ1) is 12.4. The van der Waals surface area contributed by atoms with Crippen LogP contribution in [0.15, 0.2) is 6.07 Å². The quantitative estimate of drug-likeness (QED) is 0.778. The second kappa shape index (κ2) is 5.57. The van der Waals surface area contributed by atoms with Crippen LogP contribution in [0.3, 0.4) is 0 Å². The minimum absolute atomic E-state index is 0.651. The highest BCUT2D eigenvalue weighted by Crippen LogP contribution is 2.36. The molecule has 3 heteroatoms. The van der Waals surface area contributed by atoms with Crippen LogP contribution in [0.1, 0.15) is 55.0 Å². The summed E-state index contributed by atoms with van der Waals surface area (Å²) in [5.41, 5.74) is 1.61. The molecule has 2 aliphatic rings. The van der Waals surface area contributed by atoms with Crippen molar-refractivity contribution in [2.75, 3.05) is 6.54 Å². The first-order valence-corrected chi connectivity index (χ1v) is 8.74. The van der Waals surface area contributed by atoms with E-state index in [1.165, 1.54) is 54.4 Å². The minimum atomic E-state index is 0.651. The summed E-state index contributed by atoms with van der Waals surface area (Å²) >= 11 is 4.46. The van der Waals surface area contributed by atoms with E-state index in [4.69, 9.17) is 0 Å². The van der Waals surface area contributed by atoms with Gasteiger partial charge in [-0.3, -0.25) is 0 Å². The molecule has 1 unspecified atom stereocenters. The number of fused-ring (bicyclic) bond motifs is 1. The molecule has 17 heavy (non-hydrogen) atoms. The van der Waals surface area contributed by atoms with Gasteiger partial charge in [0.25, 0.3) is 0 Å². The van der Waals surface area contributed by atoms with E-state index in [0.717, 1.165) is 5.92 Å². The summed E-state index contributed by atoms with van der Waals surface area (Å²) in [5.74, 6) is 1.04. The number of aryl methyl sites for hydroxylation is 1. The van der Waals surface area contributed by atoms with Crippen molar-refractivity contribution < 1.29 is 0 Å². The number of rotatable bonds is 4. The molecule has 0 aliphatic heterocycles. The molecular formula is C14H20INS. The molecule has 1 aromatic heterocycles. The van der Waals surface area contributed by atoms with Gasteiger partial charge in [-0.2, -0.15) is 0 Å². The van der Waals surface area contributed by atoms with Crippen molar-refractivity contribution in [1.29, 1.82) is 0 Å². The normalized spacial score (nSPS) is 24.4. The molecule has 0 radical (unpaired) electrons. The lowest BCUT2D eigenvalue weighted by Gasteiger charge is -2.28. The highest BCUT2D eigenvalue weighted by atomic mass is 127. The van der Waals surface area contributed by atoms with Gasteiger partial charge in [0.2, 0.25) is 0 Å². The molecule has 0 amide bonds. The molecule has 94 valence electrons. The number of halogens is 1. The molecule has 0 saturated heterocycles. The third-order valence-corrected chi connectivity index (χ3v) is 6.22. The average molecular weight is 361 g/mol. The van der Waals surface area contributed by atoms with Crippen LogP contribution in [-0.4, -0.2) is 6.54 Å². The van der Waals surface area contributed by atoms with Gasteiger partial charge in [0.15, 0.2) is 0 Å². The summed E-state index contributed by atoms with van der Waals surface area (Å²) in [6.07, 6.45) is 9.84. The summed E-state index contributed by atoms with van der Waals surface area (Å²) < 4.78 is 1.46. The monoisotopic (exact) mass is 361 g/mol. The van der Waals surface area contributed by atoms with Crippen LogP contribution in [0.4, 0.5) is 0 Å². The minimum Gasteiger partial charge on any atom is -0.310 e. The van der Waals surface area contributed by atoms with Crippen molar-refractivity contribution in [2.24, 2.45) is 5.92 Å². The molecule has 1 saturated carbocycles.